The van der Waals surface area contributed by atoms with Gasteiger partial charge < -0.3 is 25.2 Å². The molecule has 38 heavy (non-hydrogen) atoms. The van der Waals surface area contributed by atoms with E-state index in [1.54, 1.807) is 9.80 Å². The highest BCUT2D eigenvalue weighted by Crippen LogP contribution is 2.21. The summed E-state index contributed by atoms with van der Waals surface area (Å²) in [5.41, 5.74) is 0.654. The van der Waals surface area contributed by atoms with Crippen LogP contribution in [0.4, 0.5) is 4.79 Å². The van der Waals surface area contributed by atoms with Gasteiger partial charge in [-0.3, -0.25) is 14.4 Å². The normalized spacial score (nSPS) is 14.0. The molecule has 1 atom stereocenters. The van der Waals surface area contributed by atoms with Crippen molar-refractivity contribution in [2.75, 3.05) is 39.3 Å². The summed E-state index contributed by atoms with van der Waals surface area (Å²) in [4.78, 5) is 53.8. The Kier molecular flexibility index (Phi) is 11.1. The fourth-order valence-corrected chi connectivity index (χ4v) is 4.44. The molecule has 1 aliphatic heterocycles. The number of alkyl carbamates (subject to hydrolysis) is 1. The van der Waals surface area contributed by atoms with Gasteiger partial charge in [0.1, 0.15) is 6.04 Å². The lowest BCUT2D eigenvalue weighted by molar-refractivity contribution is -0.135. The van der Waals surface area contributed by atoms with E-state index in [9.17, 15) is 19.2 Å². The Labute approximate surface area is 224 Å². The highest BCUT2D eigenvalue weighted by atomic mass is 16.5. The first-order chi connectivity index (χ1) is 18.4. The average Bonchev–Trinajstić information content (AvgIpc) is 2.95. The third kappa shape index (κ3) is 8.06. The Morgan fingerprint density at radius 2 is 1.68 bits per heavy atom. The third-order valence-corrected chi connectivity index (χ3v) is 6.62. The van der Waals surface area contributed by atoms with Gasteiger partial charge in [0.05, 0.1) is 6.61 Å². The number of carbonyl (C=O) groups excluding carboxylic acids is 4. The maximum atomic E-state index is 13.4. The molecule has 1 unspecified atom stereocenters. The third-order valence-electron chi connectivity index (χ3n) is 6.62. The largest absolute Gasteiger partial charge is 0.450 e. The summed E-state index contributed by atoms with van der Waals surface area (Å²) in [5, 5.41) is 7.36. The Balaban J connectivity index is 1.58. The van der Waals surface area contributed by atoms with Gasteiger partial charge in [0.2, 0.25) is 11.8 Å². The van der Waals surface area contributed by atoms with Crippen molar-refractivity contribution in [1.82, 2.24) is 20.4 Å². The lowest BCUT2D eigenvalue weighted by atomic mass is 10.0. The molecule has 9 nitrogen and oxygen atoms in total. The van der Waals surface area contributed by atoms with Crippen molar-refractivity contribution < 1.29 is 23.9 Å². The second-order valence-corrected chi connectivity index (χ2v) is 9.32. The Bertz CT molecular complexity index is 1120. The van der Waals surface area contributed by atoms with Crippen LogP contribution in [0.2, 0.25) is 0 Å². The number of fused-ring (bicyclic) bond motifs is 1. The fourth-order valence-electron chi connectivity index (χ4n) is 4.44. The van der Waals surface area contributed by atoms with Crippen LogP contribution in [0.15, 0.2) is 55.1 Å². The molecular formula is C29H38N4O5. The zero-order valence-electron chi connectivity index (χ0n) is 22.1. The minimum atomic E-state index is -0.737. The SMILES string of the molecule is C=CC(=O)NCCCCC(NC(=O)OCCCC)C(=O)N1CCN(C(=O)c2cccc3ccccc23)CC1. The van der Waals surface area contributed by atoms with E-state index < -0.39 is 12.1 Å². The topological polar surface area (TPSA) is 108 Å². The van der Waals surface area contributed by atoms with Crippen LogP contribution >= 0.6 is 0 Å². The van der Waals surface area contributed by atoms with Crippen LogP contribution in [-0.4, -0.2) is 79.0 Å². The van der Waals surface area contributed by atoms with E-state index in [0.717, 1.165) is 23.6 Å². The molecule has 0 saturated carbocycles. The zero-order chi connectivity index (χ0) is 27.3. The minimum absolute atomic E-state index is 0.0513. The van der Waals surface area contributed by atoms with Gasteiger partial charge in [0, 0.05) is 38.3 Å². The number of piperazine rings is 1. The molecule has 3 rings (SSSR count). The maximum absolute atomic E-state index is 13.4. The van der Waals surface area contributed by atoms with Crippen LogP contribution in [0, 0.1) is 0 Å². The smallest absolute Gasteiger partial charge is 0.407 e. The van der Waals surface area contributed by atoms with E-state index in [2.05, 4.69) is 17.2 Å². The van der Waals surface area contributed by atoms with Crippen molar-refractivity contribution in [1.29, 1.82) is 0 Å². The molecule has 0 aliphatic carbocycles. The minimum Gasteiger partial charge on any atom is -0.450 e. The predicted molar refractivity (Wildman–Crippen MR) is 147 cm³/mol. The highest BCUT2D eigenvalue weighted by Gasteiger charge is 2.30. The van der Waals surface area contributed by atoms with Gasteiger partial charge in [0.25, 0.3) is 5.91 Å². The van der Waals surface area contributed by atoms with Crippen molar-refractivity contribution in [2.45, 2.75) is 45.1 Å². The van der Waals surface area contributed by atoms with Crippen molar-refractivity contribution in [3.05, 3.63) is 60.7 Å². The van der Waals surface area contributed by atoms with Crippen LogP contribution in [0.1, 0.15) is 49.4 Å². The summed E-state index contributed by atoms with van der Waals surface area (Å²) < 4.78 is 5.21. The summed E-state index contributed by atoms with van der Waals surface area (Å²) in [7, 11) is 0. The summed E-state index contributed by atoms with van der Waals surface area (Å²) in [6.07, 6.45) is 3.95. The summed E-state index contributed by atoms with van der Waals surface area (Å²) in [6.45, 7) is 7.77. The van der Waals surface area contributed by atoms with E-state index in [0.29, 0.717) is 64.2 Å². The monoisotopic (exact) mass is 522 g/mol. The number of nitrogens with one attached hydrogen (secondary N) is 2. The van der Waals surface area contributed by atoms with Gasteiger partial charge in [0.15, 0.2) is 0 Å². The molecule has 4 amide bonds. The first kappa shape index (κ1) is 28.7. The second kappa shape index (κ2) is 14.8. The standard InChI is InChI=1S/C29H38N4O5/c1-3-5-21-38-29(37)31-25(15-8-9-16-30-26(34)4-2)28(36)33-19-17-32(18-20-33)27(35)24-14-10-12-22-11-6-7-13-23(22)24/h4,6-7,10-14,25H,2-3,5,8-9,15-21H2,1H3,(H,30,34)(H,31,37). The predicted octanol–water partition coefficient (Wildman–Crippen LogP) is 3.49. The molecule has 204 valence electrons. The van der Waals surface area contributed by atoms with E-state index in [1.165, 1.54) is 6.08 Å². The second-order valence-electron chi connectivity index (χ2n) is 9.32. The molecule has 0 spiro atoms. The molecule has 1 aliphatic rings. The van der Waals surface area contributed by atoms with Crippen LogP contribution in [-0.2, 0) is 14.3 Å². The Hall–Kier alpha value is -3.88. The summed E-state index contributed by atoms with van der Waals surface area (Å²) >= 11 is 0. The number of carbonyl (C=O) groups is 4. The zero-order valence-corrected chi connectivity index (χ0v) is 22.1. The van der Waals surface area contributed by atoms with Gasteiger partial charge >= 0.3 is 6.09 Å². The van der Waals surface area contributed by atoms with E-state index in [-0.39, 0.29) is 17.7 Å². The molecule has 1 saturated heterocycles. The van der Waals surface area contributed by atoms with Gasteiger partial charge in [-0.05, 0) is 48.6 Å². The maximum Gasteiger partial charge on any atom is 0.407 e. The van der Waals surface area contributed by atoms with Gasteiger partial charge in [-0.2, -0.15) is 0 Å². The first-order valence-electron chi connectivity index (χ1n) is 13.3. The number of rotatable bonds is 12. The number of unbranched alkanes of at least 4 members (excludes halogenated alkanes) is 2. The number of hydrogen-bond acceptors (Lipinski definition) is 5. The molecule has 9 heteroatoms. The van der Waals surface area contributed by atoms with E-state index in [1.807, 2.05) is 49.4 Å². The molecular weight excluding hydrogens is 484 g/mol. The van der Waals surface area contributed by atoms with Crippen LogP contribution in [0.5, 0.6) is 0 Å². The van der Waals surface area contributed by atoms with Crippen LogP contribution in [0.3, 0.4) is 0 Å². The van der Waals surface area contributed by atoms with E-state index >= 15 is 0 Å². The number of nitrogens with zero attached hydrogens (tertiary/aromatic N) is 2. The average molecular weight is 523 g/mol. The van der Waals surface area contributed by atoms with Crippen molar-refractivity contribution in [3.63, 3.8) is 0 Å². The van der Waals surface area contributed by atoms with Crippen LogP contribution < -0.4 is 10.6 Å². The number of amides is 4. The Morgan fingerprint density at radius 1 is 0.974 bits per heavy atom. The lowest BCUT2D eigenvalue weighted by Crippen LogP contribution is -2.56. The number of ether oxygens (including phenoxy) is 1. The van der Waals surface area contributed by atoms with E-state index in [4.69, 9.17) is 4.74 Å². The van der Waals surface area contributed by atoms with Crippen molar-refractivity contribution >= 4 is 34.6 Å². The molecule has 0 bridgehead atoms. The summed E-state index contributed by atoms with van der Waals surface area (Å²) in [5.74, 6) is -0.486. The number of hydrogen-bond donors (Lipinski definition) is 2. The van der Waals surface area contributed by atoms with Gasteiger partial charge in [-0.15, -0.1) is 0 Å². The quantitative estimate of drug-likeness (QED) is 0.328. The highest BCUT2D eigenvalue weighted by molar-refractivity contribution is 6.07. The molecule has 0 radical (unpaired) electrons. The van der Waals surface area contributed by atoms with Gasteiger partial charge in [-0.1, -0.05) is 56.3 Å². The summed E-state index contributed by atoms with van der Waals surface area (Å²) in [6, 6.07) is 12.8. The fraction of sp³-hybridized carbons (Fsp3) is 0.448. The van der Waals surface area contributed by atoms with Crippen molar-refractivity contribution in [3.8, 4) is 0 Å². The Morgan fingerprint density at radius 3 is 2.42 bits per heavy atom. The molecule has 0 aromatic heterocycles. The van der Waals surface area contributed by atoms with Crippen molar-refractivity contribution in [2.24, 2.45) is 0 Å². The lowest BCUT2D eigenvalue weighted by Gasteiger charge is -2.36. The number of benzene rings is 2. The molecule has 1 heterocycles. The molecule has 2 aromatic carbocycles. The molecule has 2 aromatic rings. The molecule has 2 N–H and O–H groups in total. The molecule has 1 fully saturated rings. The van der Waals surface area contributed by atoms with Gasteiger partial charge in [-0.25, -0.2) is 4.79 Å². The van der Waals surface area contributed by atoms with Crippen LogP contribution in [0.25, 0.3) is 10.8 Å². The first-order valence-corrected chi connectivity index (χ1v) is 13.3.